The van der Waals surface area contributed by atoms with Crippen LogP contribution in [0.2, 0.25) is 0 Å². The van der Waals surface area contributed by atoms with Crippen molar-refractivity contribution in [3.8, 4) is 22.3 Å². The molecule has 4 nitrogen and oxygen atoms in total. The number of methoxy groups -OCH3 is 1. The first-order valence-electron chi connectivity index (χ1n) is 9.35. The summed E-state index contributed by atoms with van der Waals surface area (Å²) in [5.74, 6) is 1.82. The van der Waals surface area contributed by atoms with E-state index in [0.29, 0.717) is 10.7 Å². The van der Waals surface area contributed by atoms with Crippen LogP contribution >= 0.6 is 23.1 Å². The maximum atomic E-state index is 9.24. The van der Waals surface area contributed by atoms with Crippen molar-refractivity contribution in [2.45, 2.75) is 45.1 Å². The molecule has 0 amide bonds. The lowest BCUT2D eigenvalue weighted by Crippen LogP contribution is -2.34. The van der Waals surface area contributed by atoms with E-state index in [2.05, 4.69) is 12.1 Å². The van der Waals surface area contributed by atoms with Gasteiger partial charge in [0.2, 0.25) is 0 Å². The highest BCUT2D eigenvalue weighted by atomic mass is 32.2. The van der Waals surface area contributed by atoms with Crippen molar-refractivity contribution in [3.05, 3.63) is 40.3 Å². The lowest BCUT2D eigenvalue weighted by Gasteiger charge is -2.36. The van der Waals surface area contributed by atoms with E-state index in [1.165, 1.54) is 10.4 Å². The summed E-state index contributed by atoms with van der Waals surface area (Å²) < 4.78 is 5.53. The largest absolute Gasteiger partial charge is 0.496 e. The SMILES string of the molecule is CC.COc1ccc(C#N)cc1-c1cc2c(s1)CCCC21CCSC(N)=N1. The number of thioether (sulfide) groups is 1. The molecule has 0 saturated carbocycles. The second-order valence-corrected chi connectivity index (χ2v) is 8.66. The molecule has 1 spiro atoms. The van der Waals surface area contributed by atoms with E-state index < -0.39 is 0 Å². The van der Waals surface area contributed by atoms with Crippen LogP contribution in [-0.4, -0.2) is 18.0 Å². The number of thiophene rings is 1. The molecule has 1 aromatic carbocycles. The van der Waals surface area contributed by atoms with Crippen molar-refractivity contribution < 1.29 is 4.74 Å². The average molecular weight is 400 g/mol. The summed E-state index contributed by atoms with van der Waals surface area (Å²) in [5, 5.41) is 9.95. The molecule has 2 aliphatic rings. The van der Waals surface area contributed by atoms with Crippen molar-refractivity contribution in [2.24, 2.45) is 10.7 Å². The number of fused-ring (bicyclic) bond motifs is 2. The molecule has 2 aromatic rings. The van der Waals surface area contributed by atoms with Gasteiger partial charge in [0.15, 0.2) is 5.17 Å². The molecule has 0 bridgehead atoms. The molecule has 0 saturated heterocycles. The topological polar surface area (TPSA) is 71.4 Å². The number of amidine groups is 1. The second-order valence-electron chi connectivity index (χ2n) is 6.41. The van der Waals surface area contributed by atoms with Gasteiger partial charge in [0, 0.05) is 21.1 Å². The summed E-state index contributed by atoms with van der Waals surface area (Å²) in [7, 11) is 1.67. The van der Waals surface area contributed by atoms with Crippen molar-refractivity contribution in [1.82, 2.24) is 0 Å². The molecule has 2 heterocycles. The Hall–Kier alpha value is -1.97. The maximum Gasteiger partial charge on any atom is 0.154 e. The van der Waals surface area contributed by atoms with Crippen LogP contribution in [-0.2, 0) is 12.0 Å². The van der Waals surface area contributed by atoms with E-state index >= 15 is 0 Å². The zero-order chi connectivity index (χ0) is 19.4. The number of rotatable bonds is 2. The number of ether oxygens (including phenoxy) is 1. The minimum Gasteiger partial charge on any atom is -0.496 e. The van der Waals surface area contributed by atoms with Crippen LogP contribution in [0.1, 0.15) is 49.1 Å². The summed E-state index contributed by atoms with van der Waals surface area (Å²) >= 11 is 3.45. The summed E-state index contributed by atoms with van der Waals surface area (Å²) in [6.45, 7) is 4.00. The molecule has 27 heavy (non-hydrogen) atoms. The fourth-order valence-corrected chi connectivity index (χ4v) is 5.99. The van der Waals surface area contributed by atoms with Gasteiger partial charge in [0.25, 0.3) is 0 Å². The van der Waals surface area contributed by atoms with Gasteiger partial charge in [-0.05, 0) is 55.5 Å². The molecule has 142 valence electrons. The molecule has 0 fully saturated rings. The normalized spacial score (nSPS) is 20.7. The van der Waals surface area contributed by atoms with Crippen molar-refractivity contribution >= 4 is 28.3 Å². The molecule has 1 aliphatic carbocycles. The fourth-order valence-electron chi connectivity index (χ4n) is 3.79. The lowest BCUT2D eigenvalue weighted by molar-refractivity contribution is 0.368. The molecule has 0 radical (unpaired) electrons. The van der Waals surface area contributed by atoms with Gasteiger partial charge in [-0.25, -0.2) is 0 Å². The number of nitriles is 1. The lowest BCUT2D eigenvalue weighted by atomic mass is 9.78. The first kappa shape index (κ1) is 19.8. The van der Waals surface area contributed by atoms with E-state index in [1.807, 2.05) is 26.0 Å². The smallest absolute Gasteiger partial charge is 0.154 e. The Balaban J connectivity index is 0.00000102. The van der Waals surface area contributed by atoms with Crippen LogP contribution in [0.25, 0.3) is 10.4 Å². The highest BCUT2D eigenvalue weighted by molar-refractivity contribution is 8.13. The van der Waals surface area contributed by atoms with E-state index in [1.54, 1.807) is 36.3 Å². The molecule has 4 rings (SSSR count). The fraction of sp³-hybridized carbons (Fsp3) is 0.429. The summed E-state index contributed by atoms with van der Waals surface area (Å²) in [5.41, 5.74) is 8.86. The predicted octanol–water partition coefficient (Wildman–Crippen LogP) is 5.30. The zero-order valence-electron chi connectivity index (χ0n) is 16.0. The van der Waals surface area contributed by atoms with Gasteiger partial charge in [-0.3, -0.25) is 4.99 Å². The Morgan fingerprint density at radius 2 is 2.07 bits per heavy atom. The van der Waals surface area contributed by atoms with E-state index in [0.717, 1.165) is 47.6 Å². The molecule has 1 atom stereocenters. The van der Waals surface area contributed by atoms with Gasteiger partial charge in [-0.2, -0.15) is 5.26 Å². The summed E-state index contributed by atoms with van der Waals surface area (Å²) in [6, 6.07) is 10.1. The molecule has 6 heteroatoms. The van der Waals surface area contributed by atoms with Crippen LogP contribution in [0, 0.1) is 11.3 Å². The Labute approximate surface area is 169 Å². The molecular weight excluding hydrogens is 374 g/mol. The Kier molecular flexibility index (Phi) is 6.13. The zero-order valence-corrected chi connectivity index (χ0v) is 17.7. The van der Waals surface area contributed by atoms with Gasteiger partial charge in [0.05, 0.1) is 24.3 Å². The minimum absolute atomic E-state index is 0.155. The number of aliphatic imine (C=N–C) groups is 1. The summed E-state index contributed by atoms with van der Waals surface area (Å²) in [6.07, 6.45) is 4.33. The molecule has 2 N–H and O–H groups in total. The van der Waals surface area contributed by atoms with Crippen LogP contribution in [0.15, 0.2) is 29.3 Å². The van der Waals surface area contributed by atoms with Gasteiger partial charge >= 0.3 is 0 Å². The molecular formula is C21H25N3OS2. The minimum atomic E-state index is -0.155. The van der Waals surface area contributed by atoms with Crippen LogP contribution in [0.5, 0.6) is 5.75 Å². The monoisotopic (exact) mass is 399 g/mol. The third-order valence-corrected chi connectivity index (χ3v) is 7.01. The number of nitrogens with zero attached hydrogens (tertiary/aromatic N) is 2. The Morgan fingerprint density at radius 3 is 2.78 bits per heavy atom. The third kappa shape index (κ3) is 3.71. The maximum absolute atomic E-state index is 9.24. The number of nitrogens with two attached hydrogens (primary N) is 1. The highest BCUT2D eigenvalue weighted by Crippen LogP contribution is 2.49. The van der Waals surface area contributed by atoms with Crippen molar-refractivity contribution in [3.63, 3.8) is 0 Å². The van der Waals surface area contributed by atoms with Crippen molar-refractivity contribution in [2.75, 3.05) is 12.9 Å². The number of hydrogen-bond donors (Lipinski definition) is 1. The predicted molar refractivity (Wildman–Crippen MR) is 116 cm³/mol. The highest BCUT2D eigenvalue weighted by Gasteiger charge is 2.39. The molecule has 1 aliphatic heterocycles. The average Bonchev–Trinajstić information content (AvgIpc) is 3.15. The standard InChI is InChI=1S/C19H19N3OS2.C2H6/c1-23-15-5-4-12(11-20)9-13(15)17-10-14-16(25-17)3-2-6-19(14)7-8-24-18(21)22-19;1-2/h4-5,9-10H,2-3,6-8H2,1H3,(H2,21,22);1-2H3. The Morgan fingerprint density at radius 1 is 1.26 bits per heavy atom. The summed E-state index contributed by atoms with van der Waals surface area (Å²) in [4.78, 5) is 7.42. The van der Waals surface area contributed by atoms with Crippen LogP contribution in [0.3, 0.4) is 0 Å². The van der Waals surface area contributed by atoms with Gasteiger partial charge < -0.3 is 10.5 Å². The second kappa shape index (κ2) is 8.37. The molecule has 1 unspecified atom stereocenters. The Bertz CT molecular complexity index is 897. The van der Waals surface area contributed by atoms with Gasteiger partial charge in [0.1, 0.15) is 5.75 Å². The number of aryl methyl sites for hydroxylation is 1. The quantitative estimate of drug-likeness (QED) is 0.743. The number of hydrogen-bond acceptors (Lipinski definition) is 6. The van der Waals surface area contributed by atoms with Crippen LogP contribution in [0.4, 0.5) is 0 Å². The first-order chi connectivity index (χ1) is 13.1. The van der Waals surface area contributed by atoms with Gasteiger partial charge in [-0.15, -0.1) is 11.3 Å². The molecule has 1 aromatic heterocycles. The van der Waals surface area contributed by atoms with E-state index in [9.17, 15) is 5.26 Å². The van der Waals surface area contributed by atoms with Crippen molar-refractivity contribution in [1.29, 1.82) is 5.26 Å². The van der Waals surface area contributed by atoms with Gasteiger partial charge in [-0.1, -0.05) is 25.6 Å². The third-order valence-electron chi connectivity index (χ3n) is 4.99. The van der Waals surface area contributed by atoms with E-state index in [-0.39, 0.29) is 5.54 Å². The first-order valence-corrected chi connectivity index (χ1v) is 11.2. The van der Waals surface area contributed by atoms with E-state index in [4.69, 9.17) is 15.5 Å². The van der Waals surface area contributed by atoms with Crippen LogP contribution < -0.4 is 10.5 Å². The number of benzene rings is 1.